The molecule has 1 aliphatic heterocycles. The van der Waals surface area contributed by atoms with Crippen molar-refractivity contribution in [3.05, 3.63) is 48.0 Å². The zero-order valence-electron chi connectivity index (χ0n) is 9.06. The molecular weight excluding hydrogens is 198 g/mol. The molecule has 0 aromatic heterocycles. The van der Waals surface area contributed by atoms with Gasteiger partial charge in [-0.1, -0.05) is 36.4 Å². The molecule has 0 amide bonds. The number of fused-ring (bicyclic) bond motifs is 1. The number of hydrogen-bond donors (Lipinski definition) is 2. The van der Waals surface area contributed by atoms with Crippen molar-refractivity contribution in [3.8, 4) is 0 Å². The maximum Gasteiger partial charge on any atom is 0.0682 e. The van der Waals surface area contributed by atoms with Crippen LogP contribution in [0.25, 0.3) is 10.8 Å². The van der Waals surface area contributed by atoms with Crippen molar-refractivity contribution in [1.29, 1.82) is 0 Å². The second-order valence-corrected chi connectivity index (χ2v) is 4.46. The van der Waals surface area contributed by atoms with Crippen molar-refractivity contribution in [3.63, 3.8) is 0 Å². The molecule has 82 valence electrons. The first kappa shape index (κ1) is 9.82. The summed E-state index contributed by atoms with van der Waals surface area (Å²) in [6.07, 6.45) is 0.620. The summed E-state index contributed by atoms with van der Waals surface area (Å²) in [4.78, 5) is 0. The molecule has 2 aromatic carbocycles. The van der Waals surface area contributed by atoms with Crippen LogP contribution in [-0.4, -0.2) is 17.8 Å². The van der Waals surface area contributed by atoms with Gasteiger partial charge < -0.3 is 10.4 Å². The third-order valence-corrected chi connectivity index (χ3v) is 3.28. The monoisotopic (exact) mass is 213 g/mol. The van der Waals surface area contributed by atoms with E-state index in [1.54, 1.807) is 0 Å². The zero-order chi connectivity index (χ0) is 11.0. The van der Waals surface area contributed by atoms with Gasteiger partial charge in [0.2, 0.25) is 0 Å². The molecule has 2 aromatic rings. The Bertz CT molecular complexity index is 509. The van der Waals surface area contributed by atoms with Crippen LogP contribution in [0.5, 0.6) is 0 Å². The van der Waals surface area contributed by atoms with Gasteiger partial charge in [-0.2, -0.15) is 0 Å². The largest absolute Gasteiger partial charge is 0.392 e. The molecule has 1 saturated heterocycles. The average Bonchev–Trinajstić information content (AvgIpc) is 2.75. The van der Waals surface area contributed by atoms with Crippen molar-refractivity contribution in [2.45, 2.75) is 18.6 Å². The summed E-state index contributed by atoms with van der Waals surface area (Å²) in [5.41, 5.74) is 1.27. The fourth-order valence-electron chi connectivity index (χ4n) is 2.40. The third kappa shape index (κ3) is 1.70. The number of aliphatic hydroxyl groups excluding tert-OH is 1. The minimum absolute atomic E-state index is 0.198. The minimum atomic E-state index is -0.198. The van der Waals surface area contributed by atoms with Crippen LogP contribution in [0, 0.1) is 0 Å². The Labute approximate surface area is 94.9 Å². The molecular formula is C14H15NO. The molecule has 2 unspecified atom stereocenters. The summed E-state index contributed by atoms with van der Waals surface area (Å²) >= 11 is 0. The number of aliphatic hydroxyl groups is 1. The molecule has 2 nitrogen and oxygen atoms in total. The van der Waals surface area contributed by atoms with E-state index in [4.69, 9.17) is 0 Å². The molecule has 3 rings (SSSR count). The predicted octanol–water partition coefficient (Wildman–Crippen LogP) is 2.24. The summed E-state index contributed by atoms with van der Waals surface area (Å²) in [5, 5.41) is 15.4. The Balaban J connectivity index is 1.99. The Morgan fingerprint density at radius 3 is 2.62 bits per heavy atom. The molecule has 0 saturated carbocycles. The minimum Gasteiger partial charge on any atom is -0.392 e. The molecule has 2 N–H and O–H groups in total. The molecule has 2 heteroatoms. The van der Waals surface area contributed by atoms with Crippen molar-refractivity contribution in [1.82, 2.24) is 5.32 Å². The number of β-amino-alcohol motifs (C(OH)–C–C–N with tert-alkyl or cyclic N) is 1. The van der Waals surface area contributed by atoms with E-state index in [1.807, 2.05) is 0 Å². The summed E-state index contributed by atoms with van der Waals surface area (Å²) in [5.74, 6) is 0. The van der Waals surface area contributed by atoms with Gasteiger partial charge >= 0.3 is 0 Å². The van der Waals surface area contributed by atoms with E-state index in [0.717, 1.165) is 6.42 Å². The second-order valence-electron chi connectivity index (χ2n) is 4.46. The highest BCUT2D eigenvalue weighted by atomic mass is 16.3. The van der Waals surface area contributed by atoms with Crippen LogP contribution < -0.4 is 5.32 Å². The normalized spacial score (nSPS) is 25.1. The van der Waals surface area contributed by atoms with Crippen molar-refractivity contribution in [2.75, 3.05) is 6.54 Å². The van der Waals surface area contributed by atoms with Crippen LogP contribution in [0.4, 0.5) is 0 Å². The highest BCUT2D eigenvalue weighted by Gasteiger charge is 2.23. The van der Waals surface area contributed by atoms with Crippen LogP contribution in [0.1, 0.15) is 18.0 Å². The quantitative estimate of drug-likeness (QED) is 0.761. The van der Waals surface area contributed by atoms with E-state index in [-0.39, 0.29) is 6.10 Å². The van der Waals surface area contributed by atoms with Gasteiger partial charge in [-0.15, -0.1) is 0 Å². The summed E-state index contributed by atoms with van der Waals surface area (Å²) in [6.45, 7) is 0.706. The molecule has 1 fully saturated rings. The van der Waals surface area contributed by atoms with E-state index in [2.05, 4.69) is 47.8 Å². The lowest BCUT2D eigenvalue weighted by Gasteiger charge is -2.11. The summed E-state index contributed by atoms with van der Waals surface area (Å²) < 4.78 is 0. The molecule has 16 heavy (non-hydrogen) atoms. The second kappa shape index (κ2) is 3.89. The first-order valence-corrected chi connectivity index (χ1v) is 5.73. The lowest BCUT2D eigenvalue weighted by Crippen LogP contribution is -2.14. The average molecular weight is 213 g/mol. The molecule has 1 aliphatic rings. The highest BCUT2D eigenvalue weighted by Crippen LogP contribution is 2.26. The Hall–Kier alpha value is -1.38. The Morgan fingerprint density at radius 1 is 1.06 bits per heavy atom. The fourth-order valence-corrected chi connectivity index (χ4v) is 2.40. The van der Waals surface area contributed by atoms with Crippen LogP contribution in [0.2, 0.25) is 0 Å². The van der Waals surface area contributed by atoms with Crippen LogP contribution in [0.15, 0.2) is 42.5 Å². The van der Waals surface area contributed by atoms with Crippen LogP contribution >= 0.6 is 0 Å². The van der Waals surface area contributed by atoms with Gasteiger partial charge in [-0.25, -0.2) is 0 Å². The van der Waals surface area contributed by atoms with E-state index in [0.29, 0.717) is 12.6 Å². The molecule has 1 heterocycles. The van der Waals surface area contributed by atoms with Gasteiger partial charge in [-0.05, 0) is 28.8 Å². The van der Waals surface area contributed by atoms with E-state index < -0.39 is 0 Å². The fraction of sp³-hybridized carbons (Fsp3) is 0.286. The summed E-state index contributed by atoms with van der Waals surface area (Å²) in [6, 6.07) is 15.2. The Morgan fingerprint density at radius 2 is 1.88 bits per heavy atom. The number of hydrogen-bond acceptors (Lipinski definition) is 2. The highest BCUT2D eigenvalue weighted by molar-refractivity contribution is 5.83. The van der Waals surface area contributed by atoms with E-state index >= 15 is 0 Å². The maximum atomic E-state index is 9.51. The van der Waals surface area contributed by atoms with E-state index in [1.165, 1.54) is 16.3 Å². The summed E-state index contributed by atoms with van der Waals surface area (Å²) in [7, 11) is 0. The van der Waals surface area contributed by atoms with E-state index in [9.17, 15) is 5.11 Å². The topological polar surface area (TPSA) is 32.3 Å². The molecule has 0 spiro atoms. The van der Waals surface area contributed by atoms with Crippen molar-refractivity contribution < 1.29 is 5.11 Å². The van der Waals surface area contributed by atoms with Crippen molar-refractivity contribution in [2.24, 2.45) is 0 Å². The number of nitrogens with one attached hydrogen (secondary N) is 1. The smallest absolute Gasteiger partial charge is 0.0682 e. The SMILES string of the molecule is OC1CNC(c2ccc3ccccc3c2)C1. The van der Waals surface area contributed by atoms with Gasteiger partial charge in [0.05, 0.1) is 6.10 Å². The molecule has 2 atom stereocenters. The Kier molecular flexibility index (Phi) is 2.39. The zero-order valence-corrected chi connectivity index (χ0v) is 9.06. The lowest BCUT2D eigenvalue weighted by molar-refractivity contribution is 0.193. The van der Waals surface area contributed by atoms with Gasteiger partial charge in [0.1, 0.15) is 0 Å². The predicted molar refractivity (Wildman–Crippen MR) is 65.3 cm³/mol. The molecule has 0 radical (unpaired) electrons. The first-order chi connectivity index (χ1) is 7.83. The lowest BCUT2D eigenvalue weighted by atomic mass is 10.0. The van der Waals surface area contributed by atoms with Crippen LogP contribution in [0.3, 0.4) is 0 Å². The number of benzene rings is 2. The molecule has 0 bridgehead atoms. The van der Waals surface area contributed by atoms with Gasteiger partial charge in [0.15, 0.2) is 0 Å². The van der Waals surface area contributed by atoms with Crippen molar-refractivity contribution >= 4 is 10.8 Å². The standard InChI is InChI=1S/C14H15NO/c16-13-8-14(15-9-13)12-6-5-10-3-1-2-4-11(10)7-12/h1-7,13-16H,8-9H2. The number of rotatable bonds is 1. The molecule has 0 aliphatic carbocycles. The maximum absolute atomic E-state index is 9.51. The van der Waals surface area contributed by atoms with Gasteiger partial charge in [0, 0.05) is 12.6 Å². The van der Waals surface area contributed by atoms with Gasteiger partial charge in [-0.3, -0.25) is 0 Å². The first-order valence-electron chi connectivity index (χ1n) is 5.73. The van der Waals surface area contributed by atoms with Crippen LogP contribution in [-0.2, 0) is 0 Å². The third-order valence-electron chi connectivity index (χ3n) is 3.28. The van der Waals surface area contributed by atoms with Gasteiger partial charge in [0.25, 0.3) is 0 Å².